The maximum atomic E-state index is 12.6. The smallest absolute Gasteiger partial charge is 0.253 e. The maximum Gasteiger partial charge on any atom is 0.253 e. The molecular weight excluding hydrogens is 288 g/mol. The lowest BCUT2D eigenvalue weighted by molar-refractivity contribution is 0.0532. The molecule has 2 N–H and O–H groups in total. The van der Waals surface area contributed by atoms with Crippen molar-refractivity contribution in [2.45, 2.75) is 32.9 Å². The summed E-state index contributed by atoms with van der Waals surface area (Å²) in [6.45, 7) is 6.22. The van der Waals surface area contributed by atoms with Crippen LogP contribution in [0.5, 0.6) is 0 Å². The van der Waals surface area contributed by atoms with Crippen LogP contribution in [0.3, 0.4) is 0 Å². The van der Waals surface area contributed by atoms with Crippen molar-refractivity contribution >= 4 is 18.3 Å². The molecule has 0 aliphatic carbocycles. The predicted octanol–water partition coefficient (Wildman–Crippen LogP) is 2.45. The van der Waals surface area contributed by atoms with Crippen molar-refractivity contribution in [1.29, 1.82) is 0 Å². The first kappa shape index (κ1) is 18.0. The largest absolute Gasteiger partial charge is 0.380 e. The van der Waals surface area contributed by atoms with Gasteiger partial charge in [-0.2, -0.15) is 0 Å². The van der Waals surface area contributed by atoms with Crippen LogP contribution in [0.15, 0.2) is 24.3 Å². The number of hydrogen-bond acceptors (Lipinski definition) is 3. The van der Waals surface area contributed by atoms with E-state index in [-0.39, 0.29) is 29.8 Å². The number of halogens is 1. The molecule has 0 radical (unpaired) electrons. The highest BCUT2D eigenvalue weighted by Crippen LogP contribution is 2.28. The number of hydrogen-bond donors (Lipinski definition) is 1. The van der Waals surface area contributed by atoms with E-state index in [4.69, 9.17) is 10.5 Å². The van der Waals surface area contributed by atoms with Gasteiger partial charge < -0.3 is 15.4 Å². The fraction of sp³-hybridized carbons (Fsp3) is 0.562. The summed E-state index contributed by atoms with van der Waals surface area (Å²) in [5.41, 5.74) is 7.84. The Kier molecular flexibility index (Phi) is 6.20. The van der Waals surface area contributed by atoms with Crippen LogP contribution in [0.2, 0.25) is 0 Å². The first-order valence-electron chi connectivity index (χ1n) is 7.07. The SMILES string of the molecule is COCc1cccc(C(=O)N2CCC(N)C(C)(C)C2)c1.Cl. The van der Waals surface area contributed by atoms with Gasteiger partial charge in [0.1, 0.15) is 0 Å². The maximum absolute atomic E-state index is 12.6. The van der Waals surface area contributed by atoms with E-state index < -0.39 is 0 Å². The van der Waals surface area contributed by atoms with Crippen molar-refractivity contribution in [3.05, 3.63) is 35.4 Å². The highest BCUT2D eigenvalue weighted by atomic mass is 35.5. The van der Waals surface area contributed by atoms with Gasteiger partial charge in [0.15, 0.2) is 0 Å². The molecule has 1 atom stereocenters. The van der Waals surface area contributed by atoms with Crippen molar-refractivity contribution < 1.29 is 9.53 Å². The molecule has 1 aliphatic rings. The number of methoxy groups -OCH3 is 1. The summed E-state index contributed by atoms with van der Waals surface area (Å²) in [4.78, 5) is 14.5. The third kappa shape index (κ3) is 4.19. The minimum absolute atomic E-state index is 0. The molecule has 2 rings (SSSR count). The number of carbonyl (C=O) groups excluding carboxylic acids is 1. The van der Waals surface area contributed by atoms with Crippen LogP contribution < -0.4 is 5.73 Å². The summed E-state index contributed by atoms with van der Waals surface area (Å²) in [5.74, 6) is 0.0860. The van der Waals surface area contributed by atoms with E-state index in [0.29, 0.717) is 13.2 Å². The van der Waals surface area contributed by atoms with Crippen LogP contribution in [0, 0.1) is 5.41 Å². The zero-order valence-electron chi connectivity index (χ0n) is 13.0. The number of ether oxygens (including phenoxy) is 1. The van der Waals surface area contributed by atoms with E-state index in [9.17, 15) is 4.79 Å². The molecule has 1 unspecified atom stereocenters. The fourth-order valence-corrected chi connectivity index (χ4v) is 2.69. The molecular formula is C16H25ClN2O2. The van der Waals surface area contributed by atoms with Crippen LogP contribution in [0.25, 0.3) is 0 Å². The Morgan fingerprint density at radius 1 is 1.48 bits per heavy atom. The van der Waals surface area contributed by atoms with E-state index >= 15 is 0 Å². The molecule has 21 heavy (non-hydrogen) atoms. The van der Waals surface area contributed by atoms with Crippen LogP contribution >= 0.6 is 12.4 Å². The topological polar surface area (TPSA) is 55.6 Å². The second kappa shape index (κ2) is 7.25. The molecule has 4 nitrogen and oxygen atoms in total. The Morgan fingerprint density at radius 3 is 2.81 bits per heavy atom. The van der Waals surface area contributed by atoms with Gasteiger partial charge in [0.2, 0.25) is 0 Å². The molecule has 118 valence electrons. The lowest BCUT2D eigenvalue weighted by atomic mass is 9.79. The van der Waals surface area contributed by atoms with Crippen molar-refractivity contribution in [2.75, 3.05) is 20.2 Å². The predicted molar refractivity (Wildman–Crippen MR) is 86.7 cm³/mol. The molecule has 1 aromatic carbocycles. The summed E-state index contributed by atoms with van der Waals surface area (Å²) >= 11 is 0. The summed E-state index contributed by atoms with van der Waals surface area (Å²) in [6.07, 6.45) is 0.858. The van der Waals surface area contributed by atoms with Crippen molar-refractivity contribution in [1.82, 2.24) is 4.90 Å². The average Bonchev–Trinajstić information content (AvgIpc) is 2.42. The Morgan fingerprint density at radius 2 is 2.19 bits per heavy atom. The number of nitrogens with zero attached hydrogens (tertiary/aromatic N) is 1. The Bertz CT molecular complexity index is 491. The molecule has 0 bridgehead atoms. The zero-order chi connectivity index (χ0) is 14.8. The number of amides is 1. The quantitative estimate of drug-likeness (QED) is 0.932. The lowest BCUT2D eigenvalue weighted by Crippen LogP contribution is -2.54. The van der Waals surface area contributed by atoms with Crippen LogP contribution in [0.1, 0.15) is 36.2 Å². The molecule has 1 heterocycles. The van der Waals surface area contributed by atoms with E-state index in [1.807, 2.05) is 29.2 Å². The molecule has 0 saturated carbocycles. The molecule has 0 aromatic heterocycles. The van der Waals surface area contributed by atoms with Gasteiger partial charge in [0, 0.05) is 31.8 Å². The number of rotatable bonds is 3. The first-order valence-corrected chi connectivity index (χ1v) is 7.07. The third-order valence-electron chi connectivity index (χ3n) is 4.08. The van der Waals surface area contributed by atoms with Crippen molar-refractivity contribution in [2.24, 2.45) is 11.1 Å². The molecule has 1 aromatic rings. The van der Waals surface area contributed by atoms with Crippen molar-refractivity contribution in [3.8, 4) is 0 Å². The highest BCUT2D eigenvalue weighted by Gasteiger charge is 2.35. The van der Waals surface area contributed by atoms with E-state index in [1.165, 1.54) is 0 Å². The average molecular weight is 313 g/mol. The number of piperidine rings is 1. The summed E-state index contributed by atoms with van der Waals surface area (Å²) < 4.78 is 5.11. The van der Waals surface area contributed by atoms with Crippen LogP contribution in [-0.4, -0.2) is 37.0 Å². The van der Waals surface area contributed by atoms with E-state index in [1.54, 1.807) is 7.11 Å². The fourth-order valence-electron chi connectivity index (χ4n) is 2.69. The number of benzene rings is 1. The molecule has 1 saturated heterocycles. The Labute approximate surface area is 133 Å². The van der Waals surface area contributed by atoms with Crippen LogP contribution in [0.4, 0.5) is 0 Å². The standard InChI is InChI=1S/C16H24N2O2.ClH/c1-16(2)11-18(8-7-14(16)17)15(19)13-6-4-5-12(9-13)10-20-3;/h4-6,9,14H,7-8,10-11,17H2,1-3H3;1H. The van der Waals surface area contributed by atoms with Gasteiger partial charge in [0.25, 0.3) is 5.91 Å². The second-order valence-electron chi connectivity index (χ2n) is 6.24. The zero-order valence-corrected chi connectivity index (χ0v) is 13.8. The second-order valence-corrected chi connectivity index (χ2v) is 6.24. The molecule has 1 fully saturated rings. The summed E-state index contributed by atoms with van der Waals surface area (Å²) in [5, 5.41) is 0. The monoisotopic (exact) mass is 312 g/mol. The third-order valence-corrected chi connectivity index (χ3v) is 4.08. The lowest BCUT2D eigenvalue weighted by Gasteiger charge is -2.42. The van der Waals surface area contributed by atoms with E-state index in [0.717, 1.165) is 24.1 Å². The van der Waals surface area contributed by atoms with Crippen molar-refractivity contribution in [3.63, 3.8) is 0 Å². The summed E-state index contributed by atoms with van der Waals surface area (Å²) in [7, 11) is 1.66. The van der Waals surface area contributed by atoms with E-state index in [2.05, 4.69) is 13.8 Å². The van der Waals surface area contributed by atoms with Gasteiger partial charge in [-0.25, -0.2) is 0 Å². The molecule has 1 aliphatic heterocycles. The Balaban J connectivity index is 0.00000220. The first-order chi connectivity index (χ1) is 9.44. The molecule has 0 spiro atoms. The van der Waals surface area contributed by atoms with Gasteiger partial charge in [-0.1, -0.05) is 26.0 Å². The highest BCUT2D eigenvalue weighted by molar-refractivity contribution is 5.94. The van der Waals surface area contributed by atoms with Gasteiger partial charge in [0.05, 0.1) is 6.61 Å². The number of nitrogens with two attached hydrogens (primary N) is 1. The van der Waals surface area contributed by atoms with Crippen LogP contribution in [-0.2, 0) is 11.3 Å². The van der Waals surface area contributed by atoms with Gasteiger partial charge in [-0.3, -0.25) is 4.79 Å². The minimum Gasteiger partial charge on any atom is -0.380 e. The summed E-state index contributed by atoms with van der Waals surface area (Å²) in [6, 6.07) is 7.81. The minimum atomic E-state index is -0.0297. The normalized spacial score (nSPS) is 20.8. The van der Waals surface area contributed by atoms with Gasteiger partial charge in [-0.15, -0.1) is 12.4 Å². The van der Waals surface area contributed by atoms with Gasteiger partial charge >= 0.3 is 0 Å². The Hall–Kier alpha value is -1.10. The molecule has 1 amide bonds. The molecule has 5 heteroatoms. The number of carbonyl (C=O) groups is 1. The number of likely N-dealkylation sites (tertiary alicyclic amines) is 1. The van der Waals surface area contributed by atoms with Gasteiger partial charge in [-0.05, 0) is 29.5 Å².